The molecule has 25 heavy (non-hydrogen) atoms. The Bertz CT molecular complexity index is 582. The molecule has 0 saturated carbocycles. The van der Waals surface area contributed by atoms with Gasteiger partial charge >= 0.3 is 12.1 Å². The van der Waals surface area contributed by atoms with Crippen LogP contribution in [0.4, 0.5) is 4.79 Å². The Morgan fingerprint density at radius 2 is 1.76 bits per heavy atom. The minimum atomic E-state index is -1.24. The Labute approximate surface area is 146 Å². The van der Waals surface area contributed by atoms with E-state index < -0.39 is 29.8 Å². The van der Waals surface area contributed by atoms with E-state index in [4.69, 9.17) is 14.5 Å². The van der Waals surface area contributed by atoms with Crippen molar-refractivity contribution >= 4 is 12.1 Å². The second kappa shape index (κ2) is 9.65. The number of carbonyl (C=O) groups is 2. The van der Waals surface area contributed by atoms with E-state index in [-0.39, 0.29) is 0 Å². The van der Waals surface area contributed by atoms with Crippen molar-refractivity contribution in [3.8, 4) is 0 Å². The van der Waals surface area contributed by atoms with Gasteiger partial charge in [-0.15, -0.1) is 0 Å². The van der Waals surface area contributed by atoms with E-state index in [1.54, 1.807) is 20.8 Å². The van der Waals surface area contributed by atoms with Crippen LogP contribution in [0.3, 0.4) is 0 Å². The largest absolute Gasteiger partial charge is 0.552 e. The maximum absolute atomic E-state index is 11.6. The minimum Gasteiger partial charge on any atom is -0.402 e. The highest BCUT2D eigenvalue weighted by molar-refractivity contribution is 5.85. The van der Waals surface area contributed by atoms with Gasteiger partial charge < -0.3 is 14.4 Å². The SMILES string of the molecule is C=C(OOC(C)(C)c1ccccc1)C(=O)OOC(=O)OC(C)OCC. The normalized spacial score (nSPS) is 12.0. The summed E-state index contributed by atoms with van der Waals surface area (Å²) in [4.78, 5) is 41.3. The second-order valence-corrected chi connectivity index (χ2v) is 5.31. The highest BCUT2D eigenvalue weighted by Gasteiger charge is 2.26. The van der Waals surface area contributed by atoms with Crippen LogP contribution >= 0.6 is 0 Å². The average Bonchev–Trinajstić information content (AvgIpc) is 2.58. The molecule has 0 aliphatic carbocycles. The first-order chi connectivity index (χ1) is 11.8. The minimum absolute atomic E-state index is 0.341. The van der Waals surface area contributed by atoms with Crippen LogP contribution in [0.5, 0.6) is 0 Å². The van der Waals surface area contributed by atoms with Gasteiger partial charge in [-0.1, -0.05) is 30.3 Å². The Morgan fingerprint density at radius 3 is 2.36 bits per heavy atom. The fraction of sp³-hybridized carbons (Fsp3) is 0.412. The molecule has 1 rings (SSSR count). The molecule has 0 aliphatic rings. The molecule has 1 unspecified atom stereocenters. The zero-order chi connectivity index (χ0) is 18.9. The van der Waals surface area contributed by atoms with Gasteiger partial charge in [0.2, 0.25) is 12.0 Å². The van der Waals surface area contributed by atoms with Gasteiger partial charge in [0.1, 0.15) is 5.60 Å². The van der Waals surface area contributed by atoms with Crippen LogP contribution in [0.25, 0.3) is 0 Å². The topological polar surface area (TPSA) is 89.5 Å². The smallest absolute Gasteiger partial charge is 0.402 e. The van der Waals surface area contributed by atoms with E-state index in [0.29, 0.717) is 6.61 Å². The Kier molecular flexibility index (Phi) is 7.90. The molecule has 0 bridgehead atoms. The lowest BCUT2D eigenvalue weighted by Crippen LogP contribution is -2.24. The van der Waals surface area contributed by atoms with E-state index in [2.05, 4.69) is 21.1 Å². The van der Waals surface area contributed by atoms with Gasteiger partial charge in [0, 0.05) is 6.61 Å². The highest BCUT2D eigenvalue weighted by Crippen LogP contribution is 2.25. The van der Waals surface area contributed by atoms with Gasteiger partial charge in [0.15, 0.2) is 0 Å². The highest BCUT2D eigenvalue weighted by atomic mass is 17.3. The van der Waals surface area contributed by atoms with Crippen molar-refractivity contribution in [3.63, 3.8) is 0 Å². The van der Waals surface area contributed by atoms with Gasteiger partial charge in [-0.3, -0.25) is 0 Å². The lowest BCUT2D eigenvalue weighted by molar-refractivity contribution is -0.336. The van der Waals surface area contributed by atoms with Crippen LogP contribution in [-0.4, -0.2) is 25.0 Å². The fourth-order valence-electron chi connectivity index (χ4n) is 1.62. The molecule has 0 N–H and O–H groups in total. The molecule has 1 aromatic rings. The monoisotopic (exact) mass is 354 g/mol. The lowest BCUT2D eigenvalue weighted by atomic mass is 9.99. The van der Waals surface area contributed by atoms with Gasteiger partial charge in [-0.25, -0.2) is 14.6 Å². The van der Waals surface area contributed by atoms with Crippen molar-refractivity contribution in [3.05, 3.63) is 48.2 Å². The third kappa shape index (κ3) is 7.23. The summed E-state index contributed by atoms with van der Waals surface area (Å²) in [6.07, 6.45) is -2.08. The summed E-state index contributed by atoms with van der Waals surface area (Å²) < 4.78 is 9.59. The van der Waals surface area contributed by atoms with Crippen LogP contribution in [-0.2, 0) is 39.4 Å². The Hall–Kier alpha value is -2.58. The maximum atomic E-state index is 11.6. The predicted molar refractivity (Wildman–Crippen MR) is 85.5 cm³/mol. The summed E-state index contributed by atoms with van der Waals surface area (Å²) in [6, 6.07) is 9.21. The number of ether oxygens (including phenoxy) is 2. The van der Waals surface area contributed by atoms with Gasteiger partial charge in [-0.2, -0.15) is 9.68 Å². The molecular formula is C17H22O8. The quantitative estimate of drug-likeness (QED) is 0.175. The summed E-state index contributed by atoms with van der Waals surface area (Å²) in [5, 5.41) is 0. The molecule has 1 atom stereocenters. The average molecular weight is 354 g/mol. The van der Waals surface area contributed by atoms with E-state index in [0.717, 1.165) is 5.56 Å². The maximum Gasteiger partial charge on any atom is 0.552 e. The summed E-state index contributed by atoms with van der Waals surface area (Å²) in [5.41, 5.74) is -0.0297. The van der Waals surface area contributed by atoms with E-state index in [1.807, 2.05) is 30.3 Å². The van der Waals surface area contributed by atoms with Crippen molar-refractivity contribution in [1.29, 1.82) is 0 Å². The van der Waals surface area contributed by atoms with Crippen LogP contribution < -0.4 is 0 Å². The standard InChI is InChI=1S/C17H22O8/c1-6-20-13(3)21-16(19)24-23-15(18)12(2)22-25-17(4,5)14-10-8-7-9-11-14/h7-11,13H,2,6H2,1,3-5H3. The lowest BCUT2D eigenvalue weighted by Gasteiger charge is -2.23. The molecule has 8 heteroatoms. The van der Waals surface area contributed by atoms with Crippen LogP contribution in [0.2, 0.25) is 0 Å². The number of rotatable bonds is 8. The summed E-state index contributed by atoms with van der Waals surface area (Å²) in [7, 11) is 0. The van der Waals surface area contributed by atoms with E-state index in [1.165, 1.54) is 6.92 Å². The molecule has 0 aliphatic heterocycles. The molecule has 8 nitrogen and oxygen atoms in total. The first kappa shape index (κ1) is 20.5. The van der Waals surface area contributed by atoms with Crippen LogP contribution in [0.15, 0.2) is 42.7 Å². The van der Waals surface area contributed by atoms with Crippen LogP contribution in [0, 0.1) is 0 Å². The van der Waals surface area contributed by atoms with Crippen molar-refractivity contribution in [2.24, 2.45) is 0 Å². The molecule has 0 amide bonds. The second-order valence-electron chi connectivity index (χ2n) is 5.31. The zero-order valence-corrected chi connectivity index (χ0v) is 14.6. The van der Waals surface area contributed by atoms with Crippen LogP contribution in [0.1, 0.15) is 33.3 Å². The molecular weight excluding hydrogens is 332 g/mol. The molecule has 0 aromatic heterocycles. The van der Waals surface area contributed by atoms with Crippen molar-refractivity contribution in [2.45, 2.75) is 39.6 Å². The fourth-order valence-corrected chi connectivity index (χ4v) is 1.62. The van der Waals surface area contributed by atoms with Gasteiger partial charge in [0.05, 0.1) is 0 Å². The van der Waals surface area contributed by atoms with Gasteiger partial charge in [0.25, 0.3) is 0 Å². The third-order valence-corrected chi connectivity index (χ3v) is 2.90. The number of hydrogen-bond donors (Lipinski definition) is 0. The molecule has 0 spiro atoms. The Balaban J connectivity index is 2.39. The first-order valence-corrected chi connectivity index (χ1v) is 7.57. The third-order valence-electron chi connectivity index (χ3n) is 2.90. The number of carbonyl (C=O) groups excluding carboxylic acids is 2. The number of benzene rings is 1. The summed E-state index contributed by atoms with van der Waals surface area (Å²) in [6.45, 7) is 10.4. The first-order valence-electron chi connectivity index (χ1n) is 7.57. The Morgan fingerprint density at radius 1 is 1.12 bits per heavy atom. The summed E-state index contributed by atoms with van der Waals surface area (Å²) >= 11 is 0. The molecule has 0 heterocycles. The molecule has 138 valence electrons. The van der Waals surface area contributed by atoms with Gasteiger partial charge in [-0.05, 0) is 39.8 Å². The molecule has 0 radical (unpaired) electrons. The molecule has 1 aromatic carbocycles. The van der Waals surface area contributed by atoms with Crippen molar-refractivity contribution < 1.29 is 38.6 Å². The molecule has 0 fully saturated rings. The predicted octanol–water partition coefficient (Wildman–Crippen LogP) is 3.38. The zero-order valence-electron chi connectivity index (χ0n) is 14.6. The van der Waals surface area contributed by atoms with E-state index >= 15 is 0 Å². The molecule has 0 saturated heterocycles. The van der Waals surface area contributed by atoms with Crippen molar-refractivity contribution in [1.82, 2.24) is 0 Å². The van der Waals surface area contributed by atoms with Crippen molar-refractivity contribution in [2.75, 3.05) is 6.61 Å². The summed E-state index contributed by atoms with van der Waals surface area (Å²) in [5.74, 6) is -1.65. The van der Waals surface area contributed by atoms with E-state index in [9.17, 15) is 9.59 Å². The number of hydrogen-bond acceptors (Lipinski definition) is 8.